The normalized spacial score (nSPS) is 17.6. The minimum Gasteiger partial charge on any atom is -0.388 e. The van der Waals surface area contributed by atoms with Crippen LogP contribution in [0.4, 0.5) is 10.1 Å². The lowest BCUT2D eigenvalue weighted by molar-refractivity contribution is 0.580. The van der Waals surface area contributed by atoms with E-state index in [-0.39, 0.29) is 11.4 Å². The predicted octanol–water partition coefficient (Wildman–Crippen LogP) is 2.56. The van der Waals surface area contributed by atoms with Gasteiger partial charge in [-0.2, -0.15) is 0 Å². The largest absolute Gasteiger partial charge is 0.388 e. The highest BCUT2D eigenvalue weighted by Gasteiger charge is 2.45. The van der Waals surface area contributed by atoms with Gasteiger partial charge in [-0.3, -0.25) is 4.99 Å². The van der Waals surface area contributed by atoms with Crippen molar-refractivity contribution in [3.05, 3.63) is 29.6 Å². The molecule has 0 unspecified atom stereocenters. The SMILES string of the molecule is C=NC1(c2cc(NC)ccc2F)CC1. The molecule has 1 aromatic rings. The number of benzene rings is 1. The Kier molecular flexibility index (Phi) is 2.02. The van der Waals surface area contributed by atoms with E-state index in [4.69, 9.17) is 0 Å². The third kappa shape index (κ3) is 1.29. The monoisotopic (exact) mass is 192 g/mol. The van der Waals surface area contributed by atoms with Crippen molar-refractivity contribution >= 4 is 12.4 Å². The van der Waals surface area contributed by atoms with Crippen LogP contribution in [-0.2, 0) is 5.54 Å². The summed E-state index contributed by atoms with van der Waals surface area (Å²) >= 11 is 0. The van der Waals surface area contributed by atoms with Crippen LogP contribution in [-0.4, -0.2) is 13.8 Å². The van der Waals surface area contributed by atoms with Crippen LogP contribution < -0.4 is 5.32 Å². The number of rotatable bonds is 3. The summed E-state index contributed by atoms with van der Waals surface area (Å²) in [5, 5.41) is 2.99. The van der Waals surface area contributed by atoms with Gasteiger partial charge in [0.25, 0.3) is 0 Å². The molecule has 1 N–H and O–H groups in total. The maximum atomic E-state index is 13.5. The van der Waals surface area contributed by atoms with E-state index < -0.39 is 0 Å². The zero-order valence-electron chi connectivity index (χ0n) is 8.18. The first-order valence-corrected chi connectivity index (χ1v) is 4.67. The lowest BCUT2D eigenvalue weighted by Gasteiger charge is -2.12. The van der Waals surface area contributed by atoms with Gasteiger partial charge in [-0.1, -0.05) is 0 Å². The summed E-state index contributed by atoms with van der Waals surface area (Å²) in [7, 11) is 1.82. The van der Waals surface area contributed by atoms with Crippen LogP contribution in [0.15, 0.2) is 23.2 Å². The van der Waals surface area contributed by atoms with E-state index in [1.54, 1.807) is 6.07 Å². The van der Waals surface area contributed by atoms with Crippen molar-refractivity contribution < 1.29 is 4.39 Å². The molecule has 0 aromatic heterocycles. The average Bonchev–Trinajstić information content (AvgIpc) is 2.99. The summed E-state index contributed by atoms with van der Waals surface area (Å²) in [5.41, 5.74) is 1.24. The van der Waals surface area contributed by atoms with E-state index in [1.807, 2.05) is 13.1 Å². The molecule has 1 fully saturated rings. The van der Waals surface area contributed by atoms with E-state index in [9.17, 15) is 4.39 Å². The quantitative estimate of drug-likeness (QED) is 0.731. The van der Waals surface area contributed by atoms with E-state index in [0.717, 1.165) is 18.5 Å². The minimum absolute atomic E-state index is 0.186. The fourth-order valence-corrected chi connectivity index (χ4v) is 1.67. The summed E-state index contributed by atoms with van der Waals surface area (Å²) in [6, 6.07) is 5.02. The molecule has 0 bridgehead atoms. The van der Waals surface area contributed by atoms with Crippen molar-refractivity contribution in [1.29, 1.82) is 0 Å². The Bertz CT molecular complexity index is 370. The third-order valence-electron chi connectivity index (χ3n) is 2.78. The molecular formula is C11H13FN2. The number of nitrogens with one attached hydrogen (secondary N) is 1. The van der Waals surface area contributed by atoms with Crippen molar-refractivity contribution in [2.24, 2.45) is 4.99 Å². The lowest BCUT2D eigenvalue weighted by atomic mass is 10.0. The van der Waals surface area contributed by atoms with Crippen LogP contribution in [0.2, 0.25) is 0 Å². The molecule has 0 spiro atoms. The fourth-order valence-electron chi connectivity index (χ4n) is 1.67. The molecule has 0 atom stereocenters. The first kappa shape index (κ1) is 9.19. The number of hydrogen-bond acceptors (Lipinski definition) is 2. The van der Waals surface area contributed by atoms with Crippen LogP contribution in [0, 0.1) is 5.82 Å². The molecule has 1 aliphatic carbocycles. The Balaban J connectivity index is 2.46. The Labute approximate surface area is 82.9 Å². The highest BCUT2D eigenvalue weighted by molar-refractivity contribution is 5.50. The second kappa shape index (κ2) is 3.08. The molecule has 1 aromatic carbocycles. The molecule has 2 rings (SSSR count). The second-order valence-electron chi connectivity index (χ2n) is 3.63. The van der Waals surface area contributed by atoms with Crippen LogP contribution in [0.1, 0.15) is 18.4 Å². The van der Waals surface area contributed by atoms with Crippen LogP contribution in [0.5, 0.6) is 0 Å². The van der Waals surface area contributed by atoms with Gasteiger partial charge in [-0.15, -0.1) is 0 Å². The summed E-state index contributed by atoms with van der Waals surface area (Å²) < 4.78 is 13.5. The first-order valence-electron chi connectivity index (χ1n) is 4.67. The van der Waals surface area contributed by atoms with E-state index >= 15 is 0 Å². The molecule has 0 heterocycles. The van der Waals surface area contributed by atoms with Gasteiger partial charge in [0.05, 0.1) is 5.54 Å². The van der Waals surface area contributed by atoms with E-state index in [2.05, 4.69) is 17.0 Å². The Morgan fingerprint density at radius 1 is 1.50 bits per heavy atom. The third-order valence-corrected chi connectivity index (χ3v) is 2.78. The van der Waals surface area contributed by atoms with Crippen molar-refractivity contribution in [1.82, 2.24) is 0 Å². The second-order valence-corrected chi connectivity index (χ2v) is 3.63. The maximum Gasteiger partial charge on any atom is 0.128 e. The van der Waals surface area contributed by atoms with Crippen molar-refractivity contribution in [2.75, 3.05) is 12.4 Å². The molecule has 0 radical (unpaired) electrons. The summed E-state index contributed by atoms with van der Waals surface area (Å²) in [6.45, 7) is 3.53. The van der Waals surface area contributed by atoms with Gasteiger partial charge in [0.15, 0.2) is 0 Å². The van der Waals surface area contributed by atoms with Gasteiger partial charge in [0, 0.05) is 18.3 Å². The lowest BCUT2D eigenvalue weighted by Crippen LogP contribution is -2.06. The minimum atomic E-state index is -0.336. The fraction of sp³-hybridized carbons (Fsp3) is 0.364. The van der Waals surface area contributed by atoms with Gasteiger partial charge in [0.2, 0.25) is 0 Å². The van der Waals surface area contributed by atoms with Gasteiger partial charge in [-0.25, -0.2) is 4.39 Å². The summed E-state index contributed by atoms with van der Waals surface area (Å²) in [6.07, 6.45) is 1.81. The van der Waals surface area contributed by atoms with Crippen LogP contribution in [0.3, 0.4) is 0 Å². The van der Waals surface area contributed by atoms with Gasteiger partial charge >= 0.3 is 0 Å². The number of nitrogens with zero attached hydrogens (tertiary/aromatic N) is 1. The molecule has 14 heavy (non-hydrogen) atoms. The number of aliphatic imine (C=N–C) groups is 1. The van der Waals surface area contributed by atoms with Gasteiger partial charge in [0.1, 0.15) is 5.82 Å². The number of anilines is 1. The molecule has 74 valence electrons. The molecule has 0 saturated heterocycles. The van der Waals surface area contributed by atoms with Gasteiger partial charge < -0.3 is 5.32 Å². The maximum absolute atomic E-state index is 13.5. The molecule has 1 saturated carbocycles. The Morgan fingerprint density at radius 2 is 2.21 bits per heavy atom. The Hall–Kier alpha value is -1.38. The zero-order chi connectivity index (χ0) is 10.2. The molecule has 0 amide bonds. The predicted molar refractivity (Wildman–Crippen MR) is 56.4 cm³/mol. The van der Waals surface area contributed by atoms with Crippen molar-refractivity contribution in [2.45, 2.75) is 18.4 Å². The summed E-state index contributed by atoms with van der Waals surface area (Å²) in [5.74, 6) is -0.186. The molecule has 0 aliphatic heterocycles. The van der Waals surface area contributed by atoms with Crippen LogP contribution in [0.25, 0.3) is 0 Å². The van der Waals surface area contributed by atoms with Crippen LogP contribution >= 0.6 is 0 Å². The number of hydrogen-bond donors (Lipinski definition) is 1. The molecular weight excluding hydrogens is 179 g/mol. The van der Waals surface area contributed by atoms with Crippen molar-refractivity contribution in [3.8, 4) is 0 Å². The first-order chi connectivity index (χ1) is 6.72. The van der Waals surface area contributed by atoms with E-state index in [1.165, 1.54) is 6.07 Å². The molecule has 1 aliphatic rings. The number of halogens is 1. The van der Waals surface area contributed by atoms with Crippen molar-refractivity contribution in [3.63, 3.8) is 0 Å². The Morgan fingerprint density at radius 3 is 2.71 bits per heavy atom. The van der Waals surface area contributed by atoms with Gasteiger partial charge in [-0.05, 0) is 37.8 Å². The molecule has 2 nitrogen and oxygen atoms in total. The summed E-state index contributed by atoms with van der Waals surface area (Å²) in [4.78, 5) is 4.02. The molecule has 3 heteroatoms. The average molecular weight is 192 g/mol. The standard InChI is InChI=1S/C11H13FN2/c1-13-8-3-4-10(12)9(7-8)11(14-2)5-6-11/h3-4,7,13H,2,5-6H2,1H3. The highest BCUT2D eigenvalue weighted by Crippen LogP contribution is 2.50. The smallest absolute Gasteiger partial charge is 0.128 e. The topological polar surface area (TPSA) is 24.4 Å². The highest BCUT2D eigenvalue weighted by atomic mass is 19.1. The zero-order valence-corrected chi connectivity index (χ0v) is 8.18. The van der Waals surface area contributed by atoms with E-state index in [0.29, 0.717) is 5.56 Å².